The Morgan fingerprint density at radius 2 is 1.96 bits per heavy atom. The molecule has 0 spiro atoms. The maximum atomic E-state index is 12.3. The molecule has 12 heteroatoms. The van der Waals surface area contributed by atoms with Crippen LogP contribution in [-0.2, 0) is 24.2 Å². The summed E-state index contributed by atoms with van der Waals surface area (Å²) in [6.07, 6.45) is 1.95. The van der Waals surface area contributed by atoms with Gasteiger partial charge in [0.05, 0.1) is 12.1 Å². The molecule has 25 heavy (non-hydrogen) atoms. The van der Waals surface area contributed by atoms with Crippen LogP contribution in [0, 0.1) is 11.3 Å². The van der Waals surface area contributed by atoms with Crippen LogP contribution in [0.4, 0.5) is 4.79 Å². The lowest BCUT2D eigenvalue weighted by Gasteiger charge is -2.31. The number of urea groups is 1. The Morgan fingerprint density at radius 3 is 2.60 bits per heavy atom. The molecule has 3 saturated heterocycles. The first kappa shape index (κ1) is 18.0. The van der Waals surface area contributed by atoms with Gasteiger partial charge in [-0.15, -0.1) is 4.28 Å². The minimum Gasteiger partial charge on any atom is -0.381 e. The van der Waals surface area contributed by atoms with Gasteiger partial charge < -0.3 is 15.0 Å². The number of nitrogens with zero attached hydrogens (tertiary/aromatic N) is 2. The highest BCUT2D eigenvalue weighted by Crippen LogP contribution is 2.30. The third kappa shape index (κ3) is 3.92. The van der Waals surface area contributed by atoms with Gasteiger partial charge in [0, 0.05) is 25.7 Å². The van der Waals surface area contributed by atoms with E-state index in [9.17, 15) is 18.0 Å². The summed E-state index contributed by atoms with van der Waals surface area (Å²) in [5.41, 5.74) is 0. The van der Waals surface area contributed by atoms with E-state index in [0.29, 0.717) is 44.0 Å². The Kier molecular flexibility index (Phi) is 4.95. The molecular formula is C13H20N4O7S. The molecule has 11 nitrogen and oxygen atoms in total. The summed E-state index contributed by atoms with van der Waals surface area (Å²) in [5, 5.41) is 11.3. The van der Waals surface area contributed by atoms with Gasteiger partial charge in [0.15, 0.2) is 0 Å². The smallest absolute Gasteiger partial charge is 0.381 e. The number of hydroxylamine groups is 2. The van der Waals surface area contributed by atoms with Gasteiger partial charge in [0.2, 0.25) is 5.91 Å². The molecule has 2 atom stereocenters. The second-order valence-corrected chi connectivity index (χ2v) is 7.30. The van der Waals surface area contributed by atoms with Gasteiger partial charge in [-0.05, 0) is 25.7 Å². The summed E-state index contributed by atoms with van der Waals surface area (Å²) in [7, 11) is -4.81. The Morgan fingerprint density at radius 1 is 1.28 bits per heavy atom. The molecule has 3 amide bonds. The number of hydrogen-bond donors (Lipinski definition) is 3. The van der Waals surface area contributed by atoms with Crippen molar-refractivity contribution in [3.8, 4) is 0 Å². The zero-order valence-electron chi connectivity index (χ0n) is 13.4. The topological polar surface area (TPSA) is 149 Å². The molecule has 0 saturated carbocycles. The number of carbonyl (C=O) groups excluding carboxylic acids is 2. The number of hydrogen-bond acceptors (Lipinski definition) is 7. The van der Waals surface area contributed by atoms with Crippen molar-refractivity contribution < 1.29 is 31.6 Å². The fraction of sp³-hybridized carbons (Fsp3) is 0.769. The monoisotopic (exact) mass is 376 g/mol. The van der Waals surface area contributed by atoms with E-state index < -0.39 is 28.5 Å². The number of amides is 3. The van der Waals surface area contributed by atoms with Crippen molar-refractivity contribution in [2.24, 2.45) is 5.92 Å². The van der Waals surface area contributed by atoms with Crippen molar-refractivity contribution in [2.45, 2.75) is 37.8 Å². The number of rotatable bonds is 4. The largest absolute Gasteiger partial charge is 0.418 e. The van der Waals surface area contributed by atoms with Gasteiger partial charge in [0.25, 0.3) is 0 Å². The Balaban J connectivity index is 1.63. The average Bonchev–Trinajstić information content (AvgIpc) is 2.79. The third-order valence-corrected chi connectivity index (χ3v) is 5.03. The number of ether oxygens (including phenoxy) is 1. The van der Waals surface area contributed by atoms with E-state index in [2.05, 4.69) is 9.60 Å². The van der Waals surface area contributed by atoms with Gasteiger partial charge >= 0.3 is 16.4 Å². The highest BCUT2D eigenvalue weighted by atomic mass is 32.3. The molecule has 0 aromatic heterocycles. The van der Waals surface area contributed by atoms with Crippen LogP contribution in [0.15, 0.2) is 0 Å². The quantitative estimate of drug-likeness (QED) is 0.340. The molecule has 0 aromatic rings. The lowest BCUT2D eigenvalue weighted by molar-refractivity contribution is -0.126. The zero-order valence-corrected chi connectivity index (χ0v) is 14.2. The molecule has 3 aliphatic heterocycles. The number of piperidine rings is 1. The predicted octanol–water partition coefficient (Wildman–Crippen LogP) is -0.491. The number of amidine groups is 1. The minimum atomic E-state index is -4.81. The highest BCUT2D eigenvalue weighted by Gasteiger charge is 2.48. The number of fused-ring (bicyclic) bond motifs is 2. The normalized spacial score (nSPS) is 27.5. The fourth-order valence-corrected chi connectivity index (χ4v) is 3.80. The van der Waals surface area contributed by atoms with Crippen LogP contribution in [-0.4, -0.2) is 72.5 Å². The van der Waals surface area contributed by atoms with Crippen molar-refractivity contribution in [1.29, 1.82) is 5.41 Å². The van der Waals surface area contributed by atoms with E-state index in [-0.39, 0.29) is 24.2 Å². The molecule has 0 aliphatic carbocycles. The second-order valence-electron chi connectivity index (χ2n) is 6.30. The van der Waals surface area contributed by atoms with Gasteiger partial charge in [0.1, 0.15) is 5.84 Å². The Labute approximate surface area is 144 Å². The Hall–Kier alpha value is -1.76. The molecule has 3 fully saturated rings. The molecule has 3 N–H and O–H groups in total. The third-order valence-electron chi connectivity index (χ3n) is 4.68. The zero-order chi connectivity index (χ0) is 18.2. The van der Waals surface area contributed by atoms with E-state index in [0.717, 1.165) is 0 Å². The standard InChI is InChI=1S/C13H20N4O7S/c14-11(15-12(18)8-3-5-23-6-4-8)10-2-1-9-7-16(10)13(19)17(9)24-25(20,21)22/h8-10H,1-7H2,(H2,14,15,18)(H,20,21,22). The predicted molar refractivity (Wildman–Crippen MR) is 82.8 cm³/mol. The molecule has 2 bridgehead atoms. The van der Waals surface area contributed by atoms with Gasteiger partial charge in [-0.1, -0.05) is 0 Å². The van der Waals surface area contributed by atoms with Crippen molar-refractivity contribution >= 4 is 28.2 Å². The van der Waals surface area contributed by atoms with Gasteiger partial charge in [-0.3, -0.25) is 14.8 Å². The highest BCUT2D eigenvalue weighted by molar-refractivity contribution is 7.80. The lowest BCUT2D eigenvalue weighted by atomic mass is 9.97. The summed E-state index contributed by atoms with van der Waals surface area (Å²) in [4.78, 5) is 25.8. The maximum absolute atomic E-state index is 12.3. The van der Waals surface area contributed by atoms with Crippen LogP contribution in [0.3, 0.4) is 0 Å². The molecule has 0 aromatic carbocycles. The molecule has 2 unspecified atom stereocenters. The average molecular weight is 376 g/mol. The molecule has 0 radical (unpaired) electrons. The molecule has 3 rings (SSSR count). The molecule has 3 heterocycles. The van der Waals surface area contributed by atoms with Crippen molar-refractivity contribution in [2.75, 3.05) is 19.8 Å². The number of carbonyl (C=O) groups is 2. The van der Waals surface area contributed by atoms with Gasteiger partial charge in [-0.25, -0.2) is 4.79 Å². The van der Waals surface area contributed by atoms with Crippen LogP contribution in [0.2, 0.25) is 0 Å². The van der Waals surface area contributed by atoms with Crippen molar-refractivity contribution in [1.82, 2.24) is 15.3 Å². The molecular weight excluding hydrogens is 356 g/mol. The van der Waals surface area contributed by atoms with E-state index >= 15 is 0 Å². The second kappa shape index (κ2) is 6.86. The SMILES string of the molecule is N=C(NC(=O)C1CCOCC1)C1CCC2CN1C(=O)N2OS(=O)(=O)O. The first-order valence-corrected chi connectivity index (χ1v) is 9.36. The van der Waals surface area contributed by atoms with E-state index in [4.69, 9.17) is 14.7 Å². The van der Waals surface area contributed by atoms with E-state index in [1.54, 1.807) is 0 Å². The van der Waals surface area contributed by atoms with Gasteiger partial charge in [-0.2, -0.15) is 13.5 Å². The summed E-state index contributed by atoms with van der Waals surface area (Å²) < 4.78 is 40.0. The van der Waals surface area contributed by atoms with Crippen LogP contribution in [0.1, 0.15) is 25.7 Å². The first-order valence-electron chi connectivity index (χ1n) is 8.00. The van der Waals surface area contributed by atoms with E-state index in [1.165, 1.54) is 4.90 Å². The molecule has 140 valence electrons. The summed E-state index contributed by atoms with van der Waals surface area (Å²) >= 11 is 0. The summed E-state index contributed by atoms with van der Waals surface area (Å²) in [6.45, 7) is 1.17. The lowest BCUT2D eigenvalue weighted by Crippen LogP contribution is -2.52. The Bertz CT molecular complexity index is 676. The van der Waals surface area contributed by atoms with Crippen molar-refractivity contribution in [3.05, 3.63) is 0 Å². The van der Waals surface area contributed by atoms with Crippen LogP contribution in [0.5, 0.6) is 0 Å². The fourth-order valence-electron chi connectivity index (χ4n) is 3.41. The van der Waals surface area contributed by atoms with Crippen LogP contribution in [0.25, 0.3) is 0 Å². The van der Waals surface area contributed by atoms with Crippen LogP contribution < -0.4 is 5.32 Å². The maximum Gasteiger partial charge on any atom is 0.418 e. The van der Waals surface area contributed by atoms with Crippen molar-refractivity contribution in [3.63, 3.8) is 0 Å². The van der Waals surface area contributed by atoms with Crippen LogP contribution >= 0.6 is 0 Å². The first-order chi connectivity index (χ1) is 11.8. The molecule has 3 aliphatic rings. The van der Waals surface area contributed by atoms with E-state index in [1.807, 2.05) is 0 Å². The summed E-state index contributed by atoms with van der Waals surface area (Å²) in [6, 6.07) is -1.94. The minimum absolute atomic E-state index is 0.100. The summed E-state index contributed by atoms with van der Waals surface area (Å²) in [5.74, 6) is -0.593. The number of nitrogens with one attached hydrogen (secondary N) is 2.